The molecule has 1 aromatic heterocycles. The van der Waals surface area contributed by atoms with Crippen LogP contribution in [0, 0.1) is 5.82 Å². The van der Waals surface area contributed by atoms with Gasteiger partial charge in [-0.1, -0.05) is 70.7 Å². The predicted molar refractivity (Wildman–Crippen MR) is 141 cm³/mol. The molecule has 10 heteroatoms. The van der Waals surface area contributed by atoms with Crippen LogP contribution in [0.1, 0.15) is 15.9 Å². The van der Waals surface area contributed by atoms with E-state index in [9.17, 15) is 14.0 Å². The third-order valence-electron chi connectivity index (χ3n) is 5.53. The number of rotatable bonds is 6. The Kier molecular flexibility index (Phi) is 8.00. The first kappa shape index (κ1) is 26.2. The molecule has 1 atom stereocenters. The second kappa shape index (κ2) is 11.0. The van der Waals surface area contributed by atoms with E-state index >= 15 is 0 Å². The molecule has 1 amide bonds. The van der Waals surface area contributed by atoms with Crippen molar-refractivity contribution in [1.82, 2.24) is 10.3 Å². The second-order valence-corrected chi connectivity index (χ2v) is 9.40. The van der Waals surface area contributed by atoms with Crippen LogP contribution in [-0.4, -0.2) is 30.0 Å². The summed E-state index contributed by atoms with van der Waals surface area (Å²) in [5.41, 5.74) is 2.33. The summed E-state index contributed by atoms with van der Waals surface area (Å²) in [4.78, 5) is 30.0. The lowest BCUT2D eigenvalue weighted by Crippen LogP contribution is -2.43. The average molecular weight is 566 g/mol. The number of fused-ring (bicyclic) bond motifs is 1. The minimum atomic E-state index is -1.07. The Morgan fingerprint density at radius 3 is 2.28 bits per heavy atom. The van der Waals surface area contributed by atoms with Crippen molar-refractivity contribution >= 4 is 69.2 Å². The van der Waals surface area contributed by atoms with Crippen molar-refractivity contribution in [1.29, 1.82) is 0 Å². The van der Waals surface area contributed by atoms with Gasteiger partial charge >= 0.3 is 5.97 Å². The Bertz CT molecular complexity index is 1450. The minimum Gasteiger partial charge on any atom is -0.467 e. The van der Waals surface area contributed by atoms with E-state index in [2.05, 4.69) is 10.3 Å². The number of carbonyl (C=O) groups excluding carboxylic acids is 2. The highest BCUT2D eigenvalue weighted by molar-refractivity contribution is 6.40. The molecule has 4 rings (SSSR count). The van der Waals surface area contributed by atoms with Crippen LogP contribution in [0.4, 0.5) is 4.39 Å². The molecule has 0 saturated heterocycles. The van der Waals surface area contributed by atoms with Crippen LogP contribution in [0.5, 0.6) is 0 Å². The molecular weight excluding hydrogens is 549 g/mol. The van der Waals surface area contributed by atoms with Gasteiger partial charge in [0, 0.05) is 23.6 Å². The third kappa shape index (κ3) is 5.27. The molecule has 3 aromatic carbocycles. The Morgan fingerprint density at radius 2 is 1.64 bits per heavy atom. The Balaban J connectivity index is 1.75. The van der Waals surface area contributed by atoms with Gasteiger partial charge in [0.25, 0.3) is 5.91 Å². The summed E-state index contributed by atoms with van der Waals surface area (Å²) in [7, 11) is 1.22. The summed E-state index contributed by atoms with van der Waals surface area (Å²) < 4.78 is 18.7. The van der Waals surface area contributed by atoms with Crippen LogP contribution >= 0.6 is 46.4 Å². The third-order valence-corrected chi connectivity index (χ3v) is 6.76. The van der Waals surface area contributed by atoms with Crippen molar-refractivity contribution in [3.05, 3.63) is 97.8 Å². The number of nitrogens with one attached hydrogen (secondary N) is 1. The zero-order valence-electron chi connectivity index (χ0n) is 18.6. The molecule has 184 valence electrons. The summed E-state index contributed by atoms with van der Waals surface area (Å²) >= 11 is 24.9. The van der Waals surface area contributed by atoms with Crippen molar-refractivity contribution in [3.63, 3.8) is 0 Å². The summed E-state index contributed by atoms with van der Waals surface area (Å²) in [6, 6.07) is 13.0. The first-order chi connectivity index (χ1) is 17.2. The maximum atomic E-state index is 13.8. The molecule has 1 N–H and O–H groups in total. The molecule has 4 aromatic rings. The summed E-state index contributed by atoms with van der Waals surface area (Å²) in [6.07, 6.45) is 1.65. The number of aromatic nitrogens is 1. The monoisotopic (exact) mass is 564 g/mol. The molecule has 0 aliphatic rings. The van der Waals surface area contributed by atoms with Gasteiger partial charge in [-0.05, 0) is 41.5 Å². The predicted octanol–water partition coefficient (Wildman–Crippen LogP) is 7.17. The number of nitrogens with zero attached hydrogens (tertiary/aromatic N) is 1. The molecule has 0 aliphatic carbocycles. The van der Waals surface area contributed by atoms with Gasteiger partial charge in [0.05, 0.1) is 38.3 Å². The lowest BCUT2D eigenvalue weighted by atomic mass is 9.95. The number of hydrogen-bond acceptors (Lipinski definition) is 4. The van der Waals surface area contributed by atoms with E-state index in [4.69, 9.17) is 51.1 Å². The smallest absolute Gasteiger partial charge is 0.328 e. The molecule has 0 fully saturated rings. The van der Waals surface area contributed by atoms with Crippen molar-refractivity contribution in [2.24, 2.45) is 0 Å². The molecule has 0 saturated carbocycles. The van der Waals surface area contributed by atoms with Gasteiger partial charge in [0.15, 0.2) is 0 Å². The van der Waals surface area contributed by atoms with Gasteiger partial charge in [0.2, 0.25) is 0 Å². The minimum absolute atomic E-state index is 0.0497. The van der Waals surface area contributed by atoms with Gasteiger partial charge in [-0.15, -0.1) is 0 Å². The van der Waals surface area contributed by atoms with Gasteiger partial charge < -0.3 is 10.1 Å². The van der Waals surface area contributed by atoms with E-state index in [1.165, 1.54) is 31.4 Å². The molecular formula is C26H17Cl4FN2O3. The van der Waals surface area contributed by atoms with Crippen LogP contribution < -0.4 is 5.32 Å². The zero-order chi connectivity index (χ0) is 26.0. The summed E-state index contributed by atoms with van der Waals surface area (Å²) in [5.74, 6) is -1.84. The van der Waals surface area contributed by atoms with Crippen LogP contribution in [0.2, 0.25) is 20.1 Å². The number of halogens is 5. The lowest BCUT2D eigenvalue weighted by Gasteiger charge is -2.19. The van der Waals surface area contributed by atoms with Crippen molar-refractivity contribution < 1.29 is 18.7 Å². The molecule has 0 unspecified atom stereocenters. The zero-order valence-corrected chi connectivity index (χ0v) is 21.6. The molecule has 0 bridgehead atoms. The molecule has 0 radical (unpaired) electrons. The van der Waals surface area contributed by atoms with Crippen LogP contribution in [-0.2, 0) is 16.0 Å². The van der Waals surface area contributed by atoms with Crippen LogP contribution in [0.15, 0.2) is 60.8 Å². The highest BCUT2D eigenvalue weighted by atomic mass is 35.5. The first-order valence-electron chi connectivity index (χ1n) is 10.6. The first-order valence-corrected chi connectivity index (χ1v) is 12.1. The second-order valence-electron chi connectivity index (χ2n) is 7.77. The highest BCUT2D eigenvalue weighted by Crippen LogP contribution is 2.39. The average Bonchev–Trinajstić information content (AvgIpc) is 2.83. The molecule has 36 heavy (non-hydrogen) atoms. The Labute approximate surface area is 226 Å². The van der Waals surface area contributed by atoms with Crippen molar-refractivity contribution in [2.75, 3.05) is 7.11 Å². The van der Waals surface area contributed by atoms with Gasteiger partial charge in [-0.25, -0.2) is 9.18 Å². The molecule has 1 heterocycles. The van der Waals surface area contributed by atoms with Gasteiger partial charge in [-0.2, -0.15) is 0 Å². The van der Waals surface area contributed by atoms with E-state index in [0.717, 1.165) is 0 Å². The number of carbonyl (C=O) groups is 2. The Hall–Kier alpha value is -2.90. The van der Waals surface area contributed by atoms with Gasteiger partial charge in [0.1, 0.15) is 11.9 Å². The quantitative estimate of drug-likeness (QED) is 0.252. The van der Waals surface area contributed by atoms with E-state index < -0.39 is 23.7 Å². The summed E-state index contributed by atoms with van der Waals surface area (Å²) in [5, 5.41) is 3.92. The number of methoxy groups -OCH3 is 1. The standard InChI is InChI=1S/C26H17Cl4FN2O3/c1-36-26(35)21(33-25(34)23-17(27)5-2-6-18(23)28)10-13-7-8-15(16-4-3-9-32-24(13)16)22-19(29)11-14(31)12-20(22)30/h2-9,11-12,21H,10H2,1H3,(H,33,34)/t21-/m0/s1. The Morgan fingerprint density at radius 1 is 0.972 bits per heavy atom. The van der Waals surface area contributed by atoms with Crippen molar-refractivity contribution in [3.8, 4) is 11.1 Å². The topological polar surface area (TPSA) is 68.3 Å². The fourth-order valence-corrected chi connectivity index (χ4v) is 5.15. The maximum Gasteiger partial charge on any atom is 0.328 e. The van der Waals surface area contributed by atoms with E-state index in [0.29, 0.717) is 27.6 Å². The van der Waals surface area contributed by atoms with Gasteiger partial charge in [-0.3, -0.25) is 9.78 Å². The van der Waals surface area contributed by atoms with E-state index in [-0.39, 0.29) is 32.1 Å². The molecule has 0 aliphatic heterocycles. The fraction of sp³-hybridized carbons (Fsp3) is 0.115. The SMILES string of the molecule is COC(=O)[C@H](Cc1ccc(-c2c(Cl)cc(F)cc2Cl)c2cccnc12)NC(=O)c1c(Cl)cccc1Cl. The largest absolute Gasteiger partial charge is 0.467 e. The maximum absolute atomic E-state index is 13.8. The number of ether oxygens (including phenoxy) is 1. The summed E-state index contributed by atoms with van der Waals surface area (Å²) in [6.45, 7) is 0. The normalized spacial score (nSPS) is 11.8. The number of benzene rings is 3. The number of amides is 1. The highest BCUT2D eigenvalue weighted by Gasteiger charge is 2.26. The van der Waals surface area contributed by atoms with Crippen molar-refractivity contribution in [2.45, 2.75) is 12.5 Å². The number of esters is 1. The number of pyridine rings is 1. The van der Waals surface area contributed by atoms with Crippen LogP contribution in [0.25, 0.3) is 22.0 Å². The van der Waals surface area contributed by atoms with E-state index in [1.54, 1.807) is 30.5 Å². The fourth-order valence-electron chi connectivity index (χ4n) is 3.91. The number of hydrogen-bond donors (Lipinski definition) is 1. The lowest BCUT2D eigenvalue weighted by molar-refractivity contribution is -0.142. The van der Waals surface area contributed by atoms with E-state index in [1.807, 2.05) is 6.07 Å². The molecule has 0 spiro atoms. The van der Waals surface area contributed by atoms with Crippen LogP contribution in [0.3, 0.4) is 0 Å². The molecule has 5 nitrogen and oxygen atoms in total.